The number of Topliss-reactive ketones (excluding diaryl/α,β-unsaturated/α-hetero) is 1. The minimum absolute atomic E-state index is 0.0673. The summed E-state index contributed by atoms with van der Waals surface area (Å²) in [6.07, 6.45) is 0.871. The number of hydrogen-bond donors (Lipinski definition) is 1. The molecule has 1 saturated heterocycles. The van der Waals surface area contributed by atoms with E-state index < -0.39 is 17.7 Å². The Morgan fingerprint density at radius 3 is 2.44 bits per heavy atom. The predicted octanol–water partition coefficient (Wildman–Crippen LogP) is 8.24. The maximum Gasteiger partial charge on any atom is 0.301 e. The van der Waals surface area contributed by atoms with Crippen LogP contribution in [0.5, 0.6) is 11.5 Å². The number of anilines is 1. The van der Waals surface area contributed by atoms with Crippen molar-refractivity contribution in [2.45, 2.75) is 50.3 Å². The molecule has 1 atom stereocenters. The molecule has 2 heterocycles. The number of nitrogens with zero attached hydrogens (tertiary/aromatic N) is 3. The van der Waals surface area contributed by atoms with Gasteiger partial charge in [-0.2, -0.15) is 0 Å². The Morgan fingerprint density at radius 1 is 1.02 bits per heavy atom. The van der Waals surface area contributed by atoms with E-state index in [9.17, 15) is 14.7 Å². The van der Waals surface area contributed by atoms with E-state index in [1.165, 1.54) is 33.6 Å². The molecule has 3 aromatic carbocycles. The van der Waals surface area contributed by atoms with Crippen molar-refractivity contribution in [1.29, 1.82) is 0 Å². The quantitative estimate of drug-likeness (QED) is 0.0532. The van der Waals surface area contributed by atoms with Gasteiger partial charge in [0, 0.05) is 16.3 Å². The van der Waals surface area contributed by atoms with Crippen molar-refractivity contribution in [2.75, 3.05) is 18.1 Å². The Labute approximate surface area is 276 Å². The molecule has 0 bridgehead atoms. The maximum absolute atomic E-state index is 13.7. The van der Waals surface area contributed by atoms with Crippen molar-refractivity contribution in [2.24, 2.45) is 5.92 Å². The lowest BCUT2D eigenvalue weighted by Gasteiger charge is -2.24. The van der Waals surface area contributed by atoms with E-state index in [1.54, 1.807) is 42.5 Å². The molecule has 4 aromatic rings. The molecule has 45 heavy (non-hydrogen) atoms. The molecule has 0 radical (unpaired) electrons. The van der Waals surface area contributed by atoms with Crippen LogP contribution in [0.2, 0.25) is 5.02 Å². The Kier molecular flexibility index (Phi) is 10.5. The highest BCUT2D eigenvalue weighted by Crippen LogP contribution is 2.45. The van der Waals surface area contributed by atoms with Gasteiger partial charge in [-0.15, -0.1) is 10.2 Å². The number of carbonyl (C=O) groups excluding carboxylic acids is 2. The second-order valence-corrected chi connectivity index (χ2v) is 13.6. The maximum atomic E-state index is 13.7. The Morgan fingerprint density at radius 2 is 1.76 bits per heavy atom. The van der Waals surface area contributed by atoms with E-state index in [4.69, 9.17) is 21.1 Å². The number of rotatable bonds is 12. The average Bonchev–Trinajstić information content (AvgIpc) is 3.59. The van der Waals surface area contributed by atoms with Crippen LogP contribution >= 0.6 is 34.7 Å². The van der Waals surface area contributed by atoms with Crippen LogP contribution < -0.4 is 14.4 Å². The topological polar surface area (TPSA) is 102 Å². The van der Waals surface area contributed by atoms with Gasteiger partial charge in [0.2, 0.25) is 5.13 Å². The normalized spacial score (nSPS) is 16.0. The Hall–Kier alpha value is -3.86. The smallest absolute Gasteiger partial charge is 0.301 e. The van der Waals surface area contributed by atoms with E-state index in [2.05, 4.69) is 48.3 Å². The van der Waals surface area contributed by atoms with Gasteiger partial charge in [0.25, 0.3) is 5.78 Å². The second-order valence-electron chi connectivity index (χ2n) is 11.0. The monoisotopic (exact) mass is 663 g/mol. The van der Waals surface area contributed by atoms with E-state index in [0.717, 1.165) is 12.0 Å². The molecule has 1 unspecified atom stereocenters. The summed E-state index contributed by atoms with van der Waals surface area (Å²) in [6, 6.07) is 19.0. The molecule has 234 valence electrons. The number of aliphatic hydroxyl groups is 1. The summed E-state index contributed by atoms with van der Waals surface area (Å²) in [6.45, 7) is 9.05. The standard InChI is InChI=1S/C34H34ClN3O5S2/c1-5-42-27-18-24(12-15-26(27)43-17-16-20(2)3)29-28(30(39)23-10-13-25(35)14-11-23)31(40)32(41)38(29)33-36-37-34(45-33)44-19-22-8-6-21(4)7-9-22/h6-15,18,20,29,39H,5,16-17,19H2,1-4H3/b30-28+. The summed E-state index contributed by atoms with van der Waals surface area (Å²) in [4.78, 5) is 28.6. The first-order valence-corrected chi connectivity index (χ1v) is 16.8. The van der Waals surface area contributed by atoms with Crippen LogP contribution in [0.4, 0.5) is 5.13 Å². The number of carbonyl (C=O) groups is 2. The van der Waals surface area contributed by atoms with Gasteiger partial charge in [0.1, 0.15) is 5.76 Å². The van der Waals surface area contributed by atoms with Crippen molar-refractivity contribution in [3.63, 3.8) is 0 Å². The third kappa shape index (κ3) is 7.52. The number of aryl methyl sites for hydroxylation is 1. The van der Waals surface area contributed by atoms with Gasteiger partial charge in [0.15, 0.2) is 15.8 Å². The summed E-state index contributed by atoms with van der Waals surface area (Å²) in [5.74, 6) is 0.224. The molecular formula is C34H34ClN3O5S2. The number of aromatic nitrogens is 2. The Balaban J connectivity index is 1.55. The van der Waals surface area contributed by atoms with Gasteiger partial charge < -0.3 is 14.6 Å². The highest BCUT2D eigenvalue weighted by Gasteiger charge is 2.48. The van der Waals surface area contributed by atoms with E-state index in [-0.39, 0.29) is 16.5 Å². The van der Waals surface area contributed by atoms with E-state index in [0.29, 0.717) is 56.9 Å². The van der Waals surface area contributed by atoms with Crippen LogP contribution in [0.15, 0.2) is 76.6 Å². The lowest BCUT2D eigenvalue weighted by Crippen LogP contribution is -2.29. The van der Waals surface area contributed by atoms with Gasteiger partial charge in [-0.3, -0.25) is 14.5 Å². The minimum Gasteiger partial charge on any atom is -0.507 e. The summed E-state index contributed by atoms with van der Waals surface area (Å²) in [7, 11) is 0. The summed E-state index contributed by atoms with van der Waals surface area (Å²) in [5, 5.41) is 20.8. The fraction of sp³-hybridized carbons (Fsp3) is 0.294. The number of thioether (sulfide) groups is 1. The number of ketones is 1. The first kappa shape index (κ1) is 32.5. The minimum atomic E-state index is -0.993. The Bertz CT molecular complexity index is 1700. The van der Waals surface area contributed by atoms with Crippen molar-refractivity contribution in [1.82, 2.24) is 10.2 Å². The van der Waals surface area contributed by atoms with Gasteiger partial charge in [0.05, 0.1) is 24.8 Å². The lowest BCUT2D eigenvalue weighted by molar-refractivity contribution is -0.132. The SMILES string of the molecule is CCOc1cc(C2/C(=C(\O)c3ccc(Cl)cc3)C(=O)C(=O)N2c2nnc(SCc3ccc(C)cc3)s2)ccc1OCCC(C)C. The van der Waals surface area contributed by atoms with Crippen molar-refractivity contribution in [3.8, 4) is 11.5 Å². The van der Waals surface area contributed by atoms with E-state index in [1.807, 2.05) is 13.8 Å². The number of halogens is 1. The number of hydrogen-bond acceptors (Lipinski definition) is 9. The number of ether oxygens (including phenoxy) is 2. The summed E-state index contributed by atoms with van der Waals surface area (Å²) < 4.78 is 12.6. The van der Waals surface area contributed by atoms with Gasteiger partial charge in [-0.25, -0.2) is 0 Å². The van der Waals surface area contributed by atoms with Gasteiger partial charge >= 0.3 is 5.91 Å². The zero-order chi connectivity index (χ0) is 32.1. The molecule has 0 aliphatic carbocycles. The van der Waals surface area contributed by atoms with Crippen LogP contribution in [0.25, 0.3) is 5.76 Å². The number of aliphatic hydroxyl groups excluding tert-OH is 1. The van der Waals surface area contributed by atoms with Crippen LogP contribution in [0, 0.1) is 12.8 Å². The fourth-order valence-electron chi connectivity index (χ4n) is 4.78. The first-order valence-electron chi connectivity index (χ1n) is 14.6. The van der Waals surface area contributed by atoms with Crippen molar-refractivity contribution >= 4 is 57.3 Å². The summed E-state index contributed by atoms with van der Waals surface area (Å²) >= 11 is 8.79. The molecule has 0 spiro atoms. The molecule has 1 amide bonds. The predicted molar refractivity (Wildman–Crippen MR) is 179 cm³/mol. The van der Waals surface area contributed by atoms with Gasteiger partial charge in [-0.05, 0) is 73.7 Å². The van der Waals surface area contributed by atoms with Crippen LogP contribution in [-0.4, -0.2) is 40.2 Å². The van der Waals surface area contributed by atoms with Crippen LogP contribution in [0.1, 0.15) is 55.5 Å². The zero-order valence-electron chi connectivity index (χ0n) is 25.5. The summed E-state index contributed by atoms with van der Waals surface area (Å²) in [5.41, 5.74) is 3.15. The molecule has 1 fully saturated rings. The van der Waals surface area contributed by atoms with Crippen molar-refractivity contribution in [3.05, 3.63) is 99.6 Å². The molecule has 1 aliphatic rings. The zero-order valence-corrected chi connectivity index (χ0v) is 27.8. The largest absolute Gasteiger partial charge is 0.507 e. The van der Waals surface area contributed by atoms with Gasteiger partial charge in [-0.1, -0.05) is 84.4 Å². The van der Waals surface area contributed by atoms with E-state index >= 15 is 0 Å². The molecule has 11 heteroatoms. The highest BCUT2D eigenvalue weighted by atomic mass is 35.5. The third-order valence-corrected chi connectivity index (χ3v) is 9.56. The first-order chi connectivity index (χ1) is 21.7. The van der Waals surface area contributed by atoms with Crippen molar-refractivity contribution < 1.29 is 24.2 Å². The molecule has 8 nitrogen and oxygen atoms in total. The van der Waals surface area contributed by atoms with Crippen LogP contribution in [-0.2, 0) is 15.3 Å². The third-order valence-electron chi connectivity index (χ3n) is 7.18. The number of amides is 1. The molecule has 1 aliphatic heterocycles. The molecule has 5 rings (SSSR count). The lowest BCUT2D eigenvalue weighted by atomic mass is 9.95. The second kappa shape index (κ2) is 14.5. The molecule has 1 N–H and O–H groups in total. The number of benzene rings is 3. The fourth-order valence-corrected chi connectivity index (χ4v) is 6.73. The average molecular weight is 664 g/mol. The molecule has 1 aromatic heterocycles. The molecular weight excluding hydrogens is 630 g/mol. The van der Waals surface area contributed by atoms with Crippen LogP contribution in [0.3, 0.4) is 0 Å². The highest BCUT2D eigenvalue weighted by molar-refractivity contribution is 8.00. The molecule has 0 saturated carbocycles.